The molecule has 0 aliphatic rings. The minimum Gasteiger partial charge on any atom is -0.507 e. The van der Waals surface area contributed by atoms with Crippen LogP contribution in [0.2, 0.25) is 0 Å². The summed E-state index contributed by atoms with van der Waals surface area (Å²) in [6, 6.07) is 17.9. The van der Waals surface area contributed by atoms with Gasteiger partial charge in [0.25, 0.3) is 0 Å². The number of allylic oxidation sites excluding steroid dienone is 1. The molecule has 7 heteroatoms. The first-order chi connectivity index (χ1) is 14.0. The highest BCUT2D eigenvalue weighted by atomic mass is 16.5. The Balaban J connectivity index is 1.72. The smallest absolute Gasteiger partial charge is 0.331 e. The Hall–Kier alpha value is -4.36. The third-order valence-electron chi connectivity index (χ3n) is 4.21. The van der Waals surface area contributed by atoms with Crippen molar-refractivity contribution in [1.29, 1.82) is 10.5 Å². The summed E-state index contributed by atoms with van der Waals surface area (Å²) in [4.78, 5) is 16.3. The maximum absolute atomic E-state index is 11.9. The van der Waals surface area contributed by atoms with Gasteiger partial charge in [0, 0.05) is 13.1 Å². The van der Waals surface area contributed by atoms with E-state index in [9.17, 15) is 15.2 Å². The maximum Gasteiger partial charge on any atom is 0.331 e. The van der Waals surface area contributed by atoms with Gasteiger partial charge in [-0.15, -0.1) is 0 Å². The minimum atomic E-state index is -0.678. The molecule has 0 unspecified atom stereocenters. The highest BCUT2D eigenvalue weighted by Gasteiger charge is 2.17. The number of imidazole rings is 1. The summed E-state index contributed by atoms with van der Waals surface area (Å²) >= 11 is 0. The first-order valence-electron chi connectivity index (χ1n) is 8.62. The Kier molecular flexibility index (Phi) is 5.72. The van der Waals surface area contributed by atoms with Crippen LogP contribution in [-0.2, 0) is 16.6 Å². The van der Waals surface area contributed by atoms with Crippen LogP contribution in [0.5, 0.6) is 0 Å². The number of benzene rings is 2. The number of carbonyl (C=O) groups is 1. The molecule has 2 aromatic carbocycles. The lowest BCUT2D eigenvalue weighted by molar-refractivity contribution is -0.137. The summed E-state index contributed by atoms with van der Waals surface area (Å²) in [6.07, 6.45) is 2.73. The summed E-state index contributed by atoms with van der Waals surface area (Å²) in [7, 11) is 1.74. The lowest BCUT2D eigenvalue weighted by Crippen LogP contribution is -2.07. The van der Waals surface area contributed by atoms with E-state index in [0.29, 0.717) is 11.1 Å². The predicted molar refractivity (Wildman–Crippen MR) is 107 cm³/mol. The number of fused-ring (bicyclic) bond motifs is 1. The fraction of sp³-hybridized carbons (Fsp3) is 0.0909. The van der Waals surface area contributed by atoms with Gasteiger partial charge in [0.1, 0.15) is 18.2 Å². The van der Waals surface area contributed by atoms with Crippen LogP contribution in [0.1, 0.15) is 17.0 Å². The summed E-state index contributed by atoms with van der Waals surface area (Å²) < 4.78 is 6.71. The summed E-state index contributed by atoms with van der Waals surface area (Å²) in [5.74, 6) is -0.774. The lowest BCUT2D eigenvalue weighted by Gasteiger charge is -2.05. The molecule has 3 aromatic rings. The molecule has 0 aliphatic carbocycles. The number of aromatic nitrogens is 2. The molecule has 0 aliphatic heterocycles. The number of rotatable bonds is 5. The summed E-state index contributed by atoms with van der Waals surface area (Å²) in [5, 5.41) is 28.5. The molecule has 1 heterocycles. The third kappa shape index (κ3) is 4.32. The topological polar surface area (TPSA) is 112 Å². The molecule has 1 N–H and O–H groups in total. The number of ether oxygens (including phenoxy) is 1. The number of aryl methyl sites for hydroxylation is 1. The number of esters is 1. The fourth-order valence-electron chi connectivity index (χ4n) is 2.71. The van der Waals surface area contributed by atoms with Gasteiger partial charge in [0.2, 0.25) is 0 Å². The van der Waals surface area contributed by atoms with Crippen molar-refractivity contribution in [2.45, 2.75) is 0 Å². The van der Waals surface area contributed by atoms with Crippen molar-refractivity contribution < 1.29 is 14.6 Å². The number of nitriles is 2. The number of hydrogen-bond donors (Lipinski definition) is 1. The molecule has 0 radical (unpaired) electrons. The number of aliphatic hydroxyl groups is 1. The molecule has 0 fully saturated rings. The highest BCUT2D eigenvalue weighted by Crippen LogP contribution is 2.21. The molecule has 0 bridgehead atoms. The van der Waals surface area contributed by atoms with E-state index >= 15 is 0 Å². The van der Waals surface area contributed by atoms with Crippen molar-refractivity contribution >= 4 is 28.7 Å². The van der Waals surface area contributed by atoms with Crippen LogP contribution < -0.4 is 0 Å². The average molecular weight is 384 g/mol. The number of hydrogen-bond acceptors (Lipinski definition) is 6. The maximum atomic E-state index is 11.9. The van der Waals surface area contributed by atoms with Crippen LogP contribution in [0.3, 0.4) is 0 Å². The fourth-order valence-corrected chi connectivity index (χ4v) is 2.71. The summed E-state index contributed by atoms with van der Waals surface area (Å²) in [5.41, 5.74) is 2.68. The van der Waals surface area contributed by atoms with Gasteiger partial charge in [-0.3, -0.25) is 0 Å². The van der Waals surface area contributed by atoms with Crippen molar-refractivity contribution in [2.24, 2.45) is 7.05 Å². The molecule has 0 amide bonds. The zero-order valence-electron chi connectivity index (χ0n) is 15.5. The lowest BCUT2D eigenvalue weighted by atomic mass is 10.1. The van der Waals surface area contributed by atoms with E-state index in [1.165, 1.54) is 12.2 Å². The number of para-hydroxylation sites is 2. The molecule has 0 atom stereocenters. The van der Waals surface area contributed by atoms with Gasteiger partial charge in [0.05, 0.1) is 22.7 Å². The number of carbonyl (C=O) groups excluding carboxylic acids is 1. The van der Waals surface area contributed by atoms with Crippen LogP contribution in [0, 0.1) is 22.7 Å². The molecule has 0 spiro atoms. The van der Waals surface area contributed by atoms with Crippen molar-refractivity contribution in [2.75, 3.05) is 6.61 Å². The minimum absolute atomic E-state index is 0.0624. The Bertz CT molecular complexity index is 1210. The van der Waals surface area contributed by atoms with E-state index in [0.717, 1.165) is 11.1 Å². The normalized spacial score (nSPS) is 11.7. The molecule has 0 saturated heterocycles. The van der Waals surface area contributed by atoms with Crippen molar-refractivity contribution in [3.05, 3.63) is 77.3 Å². The van der Waals surface area contributed by atoms with E-state index in [1.54, 1.807) is 41.9 Å². The molecule has 1 aromatic heterocycles. The Labute approximate surface area is 167 Å². The predicted octanol–water partition coefficient (Wildman–Crippen LogP) is 3.49. The van der Waals surface area contributed by atoms with Gasteiger partial charge in [0.15, 0.2) is 11.6 Å². The Morgan fingerprint density at radius 3 is 2.59 bits per heavy atom. The van der Waals surface area contributed by atoms with E-state index in [2.05, 4.69) is 4.98 Å². The SMILES string of the molecule is Cn1c(/C(C#N)=C(\O)COC(=O)/C=C/c2ccc(C#N)cc2)nc2ccccc21. The number of nitrogens with zero attached hydrogens (tertiary/aromatic N) is 4. The van der Waals surface area contributed by atoms with E-state index in [4.69, 9.17) is 10.00 Å². The standard InChI is InChI=1S/C22H16N4O3/c1-26-19-5-3-2-4-18(19)25-22(26)17(13-24)20(27)14-29-21(28)11-10-15-6-8-16(12-23)9-7-15/h2-11,27H,14H2,1H3/b11-10+,20-17-. The van der Waals surface area contributed by atoms with Crippen LogP contribution >= 0.6 is 0 Å². The zero-order chi connectivity index (χ0) is 20.8. The van der Waals surface area contributed by atoms with Crippen LogP contribution in [-0.4, -0.2) is 27.2 Å². The second-order valence-electron chi connectivity index (χ2n) is 6.09. The van der Waals surface area contributed by atoms with Crippen molar-refractivity contribution in [3.63, 3.8) is 0 Å². The molecule has 3 rings (SSSR count). The van der Waals surface area contributed by atoms with Gasteiger partial charge in [-0.25, -0.2) is 9.78 Å². The van der Waals surface area contributed by atoms with E-state index in [1.807, 2.05) is 30.3 Å². The van der Waals surface area contributed by atoms with E-state index in [-0.39, 0.29) is 17.2 Å². The molecule has 0 saturated carbocycles. The quantitative estimate of drug-likeness (QED) is 0.312. The van der Waals surface area contributed by atoms with Crippen LogP contribution in [0.4, 0.5) is 0 Å². The van der Waals surface area contributed by atoms with Crippen molar-refractivity contribution in [3.8, 4) is 12.1 Å². The second-order valence-corrected chi connectivity index (χ2v) is 6.09. The Morgan fingerprint density at radius 1 is 1.21 bits per heavy atom. The Morgan fingerprint density at radius 2 is 1.93 bits per heavy atom. The van der Waals surface area contributed by atoms with Crippen LogP contribution in [0.25, 0.3) is 22.7 Å². The summed E-state index contributed by atoms with van der Waals surface area (Å²) in [6.45, 7) is -0.456. The second kappa shape index (κ2) is 8.55. The monoisotopic (exact) mass is 384 g/mol. The first kappa shape index (κ1) is 19.4. The first-order valence-corrected chi connectivity index (χ1v) is 8.62. The average Bonchev–Trinajstić information content (AvgIpc) is 3.08. The van der Waals surface area contributed by atoms with Gasteiger partial charge in [-0.05, 0) is 35.9 Å². The van der Waals surface area contributed by atoms with Gasteiger partial charge >= 0.3 is 5.97 Å². The largest absolute Gasteiger partial charge is 0.507 e. The zero-order valence-corrected chi connectivity index (χ0v) is 15.5. The highest BCUT2D eigenvalue weighted by molar-refractivity contribution is 5.87. The van der Waals surface area contributed by atoms with Crippen LogP contribution in [0.15, 0.2) is 60.4 Å². The molecular formula is C22H16N4O3. The van der Waals surface area contributed by atoms with Gasteiger partial charge < -0.3 is 14.4 Å². The van der Waals surface area contributed by atoms with Gasteiger partial charge in [-0.1, -0.05) is 24.3 Å². The molecule has 142 valence electrons. The third-order valence-corrected chi connectivity index (χ3v) is 4.21. The van der Waals surface area contributed by atoms with E-state index < -0.39 is 12.6 Å². The molecule has 29 heavy (non-hydrogen) atoms. The molecule has 7 nitrogen and oxygen atoms in total. The van der Waals surface area contributed by atoms with Gasteiger partial charge in [-0.2, -0.15) is 10.5 Å². The molecular weight excluding hydrogens is 368 g/mol. The van der Waals surface area contributed by atoms with Crippen molar-refractivity contribution in [1.82, 2.24) is 9.55 Å². The number of aliphatic hydroxyl groups excluding tert-OH is 1.